The number of carboxylic acids is 1. The highest BCUT2D eigenvalue weighted by Gasteiger charge is 2.64. The second kappa shape index (κ2) is 14.4. The van der Waals surface area contributed by atoms with Crippen LogP contribution in [0.2, 0.25) is 0 Å². The first-order valence-corrected chi connectivity index (χ1v) is 16.0. The molecule has 0 radical (unpaired) electrons. The first kappa shape index (κ1) is 38.9. The van der Waals surface area contributed by atoms with Gasteiger partial charge in [0, 0.05) is 11.8 Å². The van der Waals surface area contributed by atoms with E-state index in [1.807, 2.05) is 36.4 Å². The summed E-state index contributed by atoms with van der Waals surface area (Å²) in [7, 11) is 0. The number of hydrogen-bond acceptors (Lipinski definition) is 9. The molecule has 0 spiro atoms. The summed E-state index contributed by atoms with van der Waals surface area (Å²) in [5, 5.41) is 12.5. The van der Waals surface area contributed by atoms with E-state index in [0.29, 0.717) is 4.90 Å². The van der Waals surface area contributed by atoms with E-state index in [0.717, 1.165) is 22.3 Å². The van der Waals surface area contributed by atoms with Crippen molar-refractivity contribution >= 4 is 30.1 Å². The molecule has 4 rings (SSSR count). The summed E-state index contributed by atoms with van der Waals surface area (Å²) in [5.41, 5.74) is -1.80. The minimum absolute atomic E-state index is 0.330. The average molecular weight is 725 g/mol. The predicted octanol–water partition coefficient (Wildman–Crippen LogP) is 5.76. The molecule has 0 aromatic heterocycles. The Bertz CT molecular complexity index is 1630. The first-order chi connectivity index (χ1) is 23.6. The maximum Gasteiger partial charge on any atom is 0.411 e. The standard InChI is InChI=1S/C35H40F4N2O10/c1-32(2,3)50-25(42)15-24-26(27(43)44)41(31(47)51-33(4,5)6)17-34(24,29(45)49-18-35(38,39)28(36)37)40-30(46)48-16-23-21-13-9-7-11-19(21)20-12-8-10-14-22(20)23/h7-14,23-24,26,28H,15-18H2,1-6H3,(H,40,46)(H,43,44)/t24-,26-,34-/m0/s1. The molecular formula is C35H40F4N2O10. The Morgan fingerprint density at radius 1 is 0.882 bits per heavy atom. The molecule has 2 aromatic rings. The quantitative estimate of drug-likeness (QED) is 0.175. The van der Waals surface area contributed by atoms with E-state index in [1.165, 1.54) is 41.5 Å². The molecule has 0 unspecified atom stereocenters. The lowest BCUT2D eigenvalue weighted by atomic mass is 9.80. The van der Waals surface area contributed by atoms with Gasteiger partial charge in [0.1, 0.15) is 23.9 Å². The summed E-state index contributed by atoms with van der Waals surface area (Å²) in [5.74, 6) is -12.0. The Balaban J connectivity index is 1.75. The number of aliphatic carboxylic acids is 1. The second-order valence-corrected chi connectivity index (χ2v) is 14.3. The summed E-state index contributed by atoms with van der Waals surface area (Å²) in [4.78, 5) is 67.3. The number of likely N-dealkylation sites (tertiary alicyclic amines) is 1. The van der Waals surface area contributed by atoms with Crippen LogP contribution in [0.1, 0.15) is 65.0 Å². The van der Waals surface area contributed by atoms with Crippen LogP contribution in [0, 0.1) is 5.92 Å². The minimum Gasteiger partial charge on any atom is -0.480 e. The third-order valence-electron chi connectivity index (χ3n) is 8.21. The number of carboxylic acid groups (broad SMARTS) is 1. The van der Waals surface area contributed by atoms with Gasteiger partial charge in [-0.2, -0.15) is 8.78 Å². The number of nitrogens with one attached hydrogen (secondary N) is 1. The number of halogens is 4. The lowest BCUT2D eigenvalue weighted by Crippen LogP contribution is -2.62. The van der Waals surface area contributed by atoms with E-state index in [2.05, 4.69) is 10.1 Å². The van der Waals surface area contributed by atoms with Crippen LogP contribution in [-0.2, 0) is 33.3 Å². The van der Waals surface area contributed by atoms with E-state index in [1.54, 1.807) is 12.1 Å². The van der Waals surface area contributed by atoms with Crippen LogP contribution in [0.25, 0.3) is 11.1 Å². The number of amides is 2. The van der Waals surface area contributed by atoms with Gasteiger partial charge in [-0.15, -0.1) is 0 Å². The molecule has 1 fully saturated rings. The number of benzene rings is 2. The number of alkyl carbamates (subject to hydrolysis) is 1. The number of hydrogen-bond donors (Lipinski definition) is 2. The zero-order valence-corrected chi connectivity index (χ0v) is 28.8. The van der Waals surface area contributed by atoms with E-state index in [9.17, 15) is 46.6 Å². The molecule has 1 aliphatic carbocycles. The van der Waals surface area contributed by atoms with Gasteiger partial charge in [0.25, 0.3) is 0 Å². The number of fused-ring (bicyclic) bond motifs is 3. The van der Waals surface area contributed by atoms with Crippen molar-refractivity contribution in [3.05, 3.63) is 59.7 Å². The smallest absolute Gasteiger partial charge is 0.411 e. The van der Waals surface area contributed by atoms with E-state index >= 15 is 0 Å². The van der Waals surface area contributed by atoms with Crippen molar-refractivity contribution in [3.8, 4) is 11.1 Å². The molecule has 1 saturated heterocycles. The highest BCUT2D eigenvalue weighted by Crippen LogP contribution is 2.45. The number of carbonyl (C=O) groups is 5. The van der Waals surface area contributed by atoms with E-state index in [4.69, 9.17) is 14.2 Å². The topological polar surface area (TPSA) is 158 Å². The SMILES string of the molecule is CC(C)(C)OC(=O)C[C@H]1[C@@H](C(=O)O)N(C(=O)OC(C)(C)C)C[C@@]1(NC(=O)OCC1c2ccccc2-c2ccccc21)C(=O)OCC(F)(F)C(F)F. The Morgan fingerprint density at radius 2 is 1.41 bits per heavy atom. The molecule has 16 heteroatoms. The van der Waals surface area contributed by atoms with Crippen LogP contribution in [0.5, 0.6) is 0 Å². The summed E-state index contributed by atoms with van der Waals surface area (Å²) >= 11 is 0. The molecule has 3 atom stereocenters. The molecule has 2 N–H and O–H groups in total. The molecule has 2 aliphatic rings. The van der Waals surface area contributed by atoms with Gasteiger partial charge in [-0.05, 0) is 63.8 Å². The second-order valence-electron chi connectivity index (χ2n) is 14.3. The van der Waals surface area contributed by atoms with Crippen LogP contribution in [0.15, 0.2) is 48.5 Å². The molecule has 1 heterocycles. The third-order valence-corrected chi connectivity index (χ3v) is 8.21. The fourth-order valence-corrected chi connectivity index (χ4v) is 6.19. The van der Waals surface area contributed by atoms with Crippen molar-refractivity contribution in [1.29, 1.82) is 0 Å². The van der Waals surface area contributed by atoms with Crippen LogP contribution in [0.4, 0.5) is 27.2 Å². The van der Waals surface area contributed by atoms with E-state index < -0.39 is 96.6 Å². The van der Waals surface area contributed by atoms with Gasteiger partial charge < -0.3 is 29.4 Å². The van der Waals surface area contributed by atoms with Crippen molar-refractivity contribution < 1.29 is 65.6 Å². The number of esters is 2. The summed E-state index contributed by atoms with van der Waals surface area (Å²) < 4.78 is 75.0. The molecule has 0 bridgehead atoms. The van der Waals surface area contributed by atoms with Gasteiger partial charge >= 0.3 is 42.4 Å². The van der Waals surface area contributed by atoms with Crippen molar-refractivity contribution in [3.63, 3.8) is 0 Å². The summed E-state index contributed by atoms with van der Waals surface area (Å²) in [6.45, 7) is 5.23. The number of carbonyl (C=O) groups excluding carboxylic acids is 4. The molecule has 51 heavy (non-hydrogen) atoms. The third kappa shape index (κ3) is 8.71. The van der Waals surface area contributed by atoms with Gasteiger partial charge in [-0.1, -0.05) is 48.5 Å². The van der Waals surface area contributed by atoms with Crippen molar-refractivity contribution in [1.82, 2.24) is 10.2 Å². The van der Waals surface area contributed by atoms with Gasteiger partial charge in [0.2, 0.25) is 0 Å². The molecule has 0 saturated carbocycles. The summed E-state index contributed by atoms with van der Waals surface area (Å²) in [6.07, 6.45) is -7.95. The molecule has 278 valence electrons. The zero-order valence-electron chi connectivity index (χ0n) is 28.8. The van der Waals surface area contributed by atoms with Crippen molar-refractivity contribution in [2.24, 2.45) is 5.92 Å². The Kier molecular flexibility index (Phi) is 11.0. The van der Waals surface area contributed by atoms with Gasteiger partial charge in [-0.3, -0.25) is 9.69 Å². The monoisotopic (exact) mass is 724 g/mol. The number of ether oxygens (including phenoxy) is 4. The fourth-order valence-electron chi connectivity index (χ4n) is 6.19. The Morgan fingerprint density at radius 3 is 1.90 bits per heavy atom. The fraction of sp³-hybridized carbons (Fsp3) is 0.514. The maximum absolute atomic E-state index is 14.0. The Labute approximate surface area is 291 Å². The predicted molar refractivity (Wildman–Crippen MR) is 171 cm³/mol. The van der Waals surface area contributed by atoms with Crippen molar-refractivity contribution in [2.45, 2.75) is 89.0 Å². The van der Waals surface area contributed by atoms with Crippen molar-refractivity contribution in [2.75, 3.05) is 19.8 Å². The average Bonchev–Trinajstić information content (AvgIpc) is 3.50. The molecule has 2 aromatic carbocycles. The van der Waals surface area contributed by atoms with Crippen LogP contribution >= 0.6 is 0 Å². The van der Waals surface area contributed by atoms with Crippen LogP contribution in [0.3, 0.4) is 0 Å². The number of alkyl halides is 4. The molecular weight excluding hydrogens is 684 g/mol. The normalized spacial score (nSPS) is 20.3. The summed E-state index contributed by atoms with van der Waals surface area (Å²) in [6, 6.07) is 12.5. The maximum atomic E-state index is 14.0. The van der Waals surface area contributed by atoms with Gasteiger partial charge in [0.15, 0.2) is 12.1 Å². The zero-order chi connectivity index (χ0) is 38.1. The molecule has 1 aliphatic heterocycles. The highest BCUT2D eigenvalue weighted by molar-refractivity contribution is 5.93. The molecule has 2 amide bonds. The lowest BCUT2D eigenvalue weighted by Gasteiger charge is -2.34. The number of nitrogens with zero attached hydrogens (tertiary/aromatic N) is 1. The molecule has 12 nitrogen and oxygen atoms in total. The number of rotatable bonds is 10. The van der Waals surface area contributed by atoms with E-state index in [-0.39, 0.29) is 6.61 Å². The van der Waals surface area contributed by atoms with Gasteiger partial charge in [0.05, 0.1) is 13.0 Å². The lowest BCUT2D eigenvalue weighted by molar-refractivity contribution is -0.185. The Hall–Kier alpha value is -4.89. The van der Waals surface area contributed by atoms with Crippen LogP contribution in [-0.4, -0.2) is 95.0 Å². The highest BCUT2D eigenvalue weighted by atomic mass is 19.3. The van der Waals surface area contributed by atoms with Crippen LogP contribution < -0.4 is 5.32 Å². The van der Waals surface area contributed by atoms with Gasteiger partial charge in [-0.25, -0.2) is 28.0 Å². The minimum atomic E-state index is -4.85. The largest absolute Gasteiger partial charge is 0.480 e. The first-order valence-electron chi connectivity index (χ1n) is 16.0.